The van der Waals surface area contributed by atoms with Gasteiger partial charge < -0.3 is 39.5 Å². The highest BCUT2D eigenvalue weighted by Crippen LogP contribution is 2.48. The Bertz CT molecular complexity index is 2010. The molecule has 3 aromatic carbocycles. The van der Waals surface area contributed by atoms with Crippen LogP contribution in [0, 0.1) is 0 Å². The third-order valence-corrected chi connectivity index (χ3v) is 10.6. The van der Waals surface area contributed by atoms with E-state index in [1.54, 1.807) is 31.2 Å². The van der Waals surface area contributed by atoms with Crippen LogP contribution in [-0.2, 0) is 20.9 Å². The number of aromatic amines is 1. The number of amides is 1. The predicted octanol–water partition coefficient (Wildman–Crippen LogP) is 6.78. The maximum absolute atomic E-state index is 14.0. The molecule has 1 aromatic heterocycles. The molecule has 0 bridgehead atoms. The molecule has 0 aliphatic carbocycles. The lowest BCUT2D eigenvalue weighted by Gasteiger charge is -2.32. The fourth-order valence-corrected chi connectivity index (χ4v) is 7.71. The van der Waals surface area contributed by atoms with Crippen LogP contribution in [0.5, 0.6) is 28.7 Å². The van der Waals surface area contributed by atoms with E-state index in [-0.39, 0.29) is 46.6 Å². The van der Waals surface area contributed by atoms with Gasteiger partial charge in [0.25, 0.3) is 0 Å². The summed E-state index contributed by atoms with van der Waals surface area (Å²) in [6.45, 7) is 3.93. The summed E-state index contributed by atoms with van der Waals surface area (Å²) in [6.07, 6.45) is 7.27. The van der Waals surface area contributed by atoms with Gasteiger partial charge in [-0.3, -0.25) is 14.5 Å². The number of hydrogen-bond acceptors (Lipinski definition) is 11. The Hall–Kier alpha value is -5.56. The van der Waals surface area contributed by atoms with Crippen LogP contribution < -0.4 is 19.5 Å². The summed E-state index contributed by atoms with van der Waals surface area (Å²) >= 11 is 0. The average molecular weight is 769 g/mol. The normalized spacial score (nSPS) is 18.1. The number of nitrogens with zero attached hydrogens (tertiary/aromatic N) is 2. The van der Waals surface area contributed by atoms with Crippen molar-refractivity contribution >= 4 is 34.8 Å². The van der Waals surface area contributed by atoms with Crippen molar-refractivity contribution in [3.63, 3.8) is 0 Å². The summed E-state index contributed by atoms with van der Waals surface area (Å²) in [6, 6.07) is 12.6. The van der Waals surface area contributed by atoms with Crippen LogP contribution in [0.25, 0.3) is 17.1 Å². The van der Waals surface area contributed by atoms with E-state index in [0.717, 1.165) is 42.8 Å². The molecule has 0 spiro atoms. The van der Waals surface area contributed by atoms with Crippen molar-refractivity contribution in [1.82, 2.24) is 20.2 Å². The van der Waals surface area contributed by atoms with E-state index >= 15 is 0 Å². The van der Waals surface area contributed by atoms with Gasteiger partial charge in [-0.15, -0.1) is 0 Å². The highest BCUT2D eigenvalue weighted by Gasteiger charge is 2.33. The van der Waals surface area contributed by atoms with Gasteiger partial charge in [0.15, 0.2) is 11.5 Å². The molecule has 1 amide bonds. The van der Waals surface area contributed by atoms with Gasteiger partial charge in [-0.05, 0) is 86.9 Å². The minimum Gasteiger partial charge on any atom is -0.507 e. The molecule has 0 radical (unpaired) electrons. The molecule has 1 fully saturated rings. The number of ether oxygens (including phenoxy) is 4. The number of phenolic OH excluding ortho intramolecular Hbond substituents is 2. The highest BCUT2D eigenvalue weighted by atomic mass is 16.5. The predicted molar refractivity (Wildman–Crippen MR) is 211 cm³/mol. The zero-order valence-corrected chi connectivity index (χ0v) is 32.6. The van der Waals surface area contributed by atoms with Gasteiger partial charge in [-0.25, -0.2) is 9.78 Å². The number of piperidine rings is 1. The number of hydrogen-bond donors (Lipinski definition) is 4. The van der Waals surface area contributed by atoms with Crippen molar-refractivity contribution in [2.75, 3.05) is 34.4 Å². The number of carbonyl (C=O) groups excluding carboxylic acids is 3. The average Bonchev–Trinajstić information content (AvgIpc) is 3.59. The number of rotatable bonds is 10. The number of benzene rings is 3. The van der Waals surface area contributed by atoms with E-state index in [0.29, 0.717) is 67.9 Å². The number of allylic oxidation sites excluding steroid dienone is 1. The van der Waals surface area contributed by atoms with Crippen LogP contribution in [0.4, 0.5) is 0 Å². The number of imidazole rings is 1. The number of aromatic hydroxyl groups is 2. The summed E-state index contributed by atoms with van der Waals surface area (Å²) in [7, 11) is 4.43. The molecule has 2 aliphatic rings. The summed E-state index contributed by atoms with van der Waals surface area (Å²) in [5, 5.41) is 26.9. The highest BCUT2D eigenvalue weighted by molar-refractivity contribution is 5.98. The molecule has 0 saturated carbocycles. The van der Waals surface area contributed by atoms with Crippen molar-refractivity contribution in [2.24, 2.45) is 0 Å². The second-order valence-corrected chi connectivity index (χ2v) is 14.6. The van der Waals surface area contributed by atoms with Gasteiger partial charge in [0.2, 0.25) is 11.7 Å². The number of methoxy groups -OCH3 is 3. The molecule has 2 atom stereocenters. The maximum Gasteiger partial charge on any atom is 0.342 e. The molecular formula is C43H52N4O9. The molecular weight excluding hydrogens is 716 g/mol. The maximum atomic E-state index is 14.0. The molecule has 2 unspecified atom stereocenters. The Kier molecular flexibility index (Phi) is 13.2. The van der Waals surface area contributed by atoms with Crippen LogP contribution in [0.15, 0.2) is 48.5 Å². The number of esters is 1. The summed E-state index contributed by atoms with van der Waals surface area (Å²) in [4.78, 5) is 50.5. The molecule has 13 heteroatoms. The van der Waals surface area contributed by atoms with Crippen LogP contribution in [-0.4, -0.2) is 89.3 Å². The number of Topliss-reactive ketones (excluding diaryl/α,β-unsaturated/α-hetero) is 1. The van der Waals surface area contributed by atoms with Crippen LogP contribution in [0.2, 0.25) is 0 Å². The smallest absolute Gasteiger partial charge is 0.342 e. The first-order valence-corrected chi connectivity index (χ1v) is 19.3. The third-order valence-electron chi connectivity index (χ3n) is 10.6. The molecule has 4 aromatic rings. The number of nitrogens with one attached hydrogen (secondary N) is 2. The topological polar surface area (TPSA) is 173 Å². The second kappa shape index (κ2) is 18.4. The lowest BCUT2D eigenvalue weighted by atomic mass is 9.84. The number of fused-ring (bicyclic) bond motifs is 2. The van der Waals surface area contributed by atoms with Gasteiger partial charge in [0, 0.05) is 49.9 Å². The Balaban J connectivity index is 1.29. The van der Waals surface area contributed by atoms with Crippen LogP contribution in [0.1, 0.15) is 104 Å². The molecule has 4 N–H and O–H groups in total. The largest absolute Gasteiger partial charge is 0.507 e. The van der Waals surface area contributed by atoms with Crippen molar-refractivity contribution in [3.05, 3.63) is 76.6 Å². The number of likely N-dealkylation sites (tertiary alicyclic amines) is 1. The first-order chi connectivity index (χ1) is 27.1. The number of H-pyrrole nitrogens is 1. The Labute approximate surface area is 327 Å². The van der Waals surface area contributed by atoms with Crippen molar-refractivity contribution in [3.8, 4) is 28.7 Å². The van der Waals surface area contributed by atoms with Gasteiger partial charge in [-0.1, -0.05) is 24.3 Å². The monoisotopic (exact) mass is 768 g/mol. The molecule has 3 heterocycles. The molecule has 298 valence electrons. The second-order valence-electron chi connectivity index (χ2n) is 14.6. The summed E-state index contributed by atoms with van der Waals surface area (Å²) in [5.41, 5.74) is 2.52. The van der Waals surface area contributed by atoms with Crippen LogP contribution in [0.3, 0.4) is 0 Å². The zero-order chi connectivity index (χ0) is 39.8. The van der Waals surface area contributed by atoms with Crippen molar-refractivity contribution < 1.29 is 43.5 Å². The first-order valence-electron chi connectivity index (χ1n) is 19.3. The lowest BCUT2D eigenvalue weighted by Crippen LogP contribution is -2.44. The van der Waals surface area contributed by atoms with Crippen molar-refractivity contribution in [2.45, 2.75) is 89.3 Å². The van der Waals surface area contributed by atoms with Gasteiger partial charge in [0.05, 0.1) is 45.0 Å². The SMILES string of the molecule is COc1cc(C(CC(=O)NC2CCN(Cc3nc4ccccc4[nH]3)CC2)c2c(O)cc3c(c2O)C(=O)OC(C)CCCC(=O)CCCC=C3)cc(OC)c1OC. The number of cyclic esters (lactones) is 1. The third kappa shape index (κ3) is 9.44. The van der Waals surface area contributed by atoms with E-state index in [9.17, 15) is 24.6 Å². The Morgan fingerprint density at radius 2 is 1.71 bits per heavy atom. The molecule has 56 heavy (non-hydrogen) atoms. The van der Waals surface area contributed by atoms with E-state index in [1.165, 1.54) is 27.4 Å². The lowest BCUT2D eigenvalue weighted by molar-refractivity contribution is -0.122. The van der Waals surface area contributed by atoms with E-state index in [2.05, 4.69) is 15.2 Å². The Morgan fingerprint density at radius 3 is 2.41 bits per heavy atom. The minimum atomic E-state index is -0.963. The van der Waals surface area contributed by atoms with Crippen LogP contribution >= 0.6 is 0 Å². The fraction of sp³-hybridized carbons (Fsp3) is 0.442. The minimum absolute atomic E-state index is 0.0152. The number of aromatic nitrogens is 2. The van der Waals surface area contributed by atoms with Gasteiger partial charge in [0.1, 0.15) is 28.7 Å². The molecule has 1 saturated heterocycles. The summed E-state index contributed by atoms with van der Waals surface area (Å²) < 4.78 is 22.6. The number of carbonyl (C=O) groups is 3. The molecule has 6 rings (SSSR count). The van der Waals surface area contributed by atoms with E-state index in [4.69, 9.17) is 23.9 Å². The fourth-order valence-electron chi connectivity index (χ4n) is 7.71. The Morgan fingerprint density at radius 1 is 1.00 bits per heavy atom. The van der Waals surface area contributed by atoms with E-state index < -0.39 is 23.7 Å². The van der Waals surface area contributed by atoms with E-state index in [1.807, 2.05) is 24.3 Å². The number of para-hydroxylation sites is 2. The van der Waals surface area contributed by atoms with Gasteiger partial charge >= 0.3 is 5.97 Å². The van der Waals surface area contributed by atoms with Crippen molar-refractivity contribution in [1.29, 1.82) is 0 Å². The van der Waals surface area contributed by atoms with Gasteiger partial charge in [-0.2, -0.15) is 0 Å². The standard InChI is InChI=1S/C43H52N4O9/c1-26-11-10-14-30(48)13-7-5-6-12-27-21-34(49)40(41(51)39(27)43(52)56-26)31(28-22-35(53-2)42(55-4)36(23-28)54-3)24-38(50)44-29-17-19-47(20-18-29)25-37-45-32-15-8-9-16-33(32)46-37/h6,8-9,12,15-16,21-23,26,29,31,49,51H,5,7,10-11,13-14,17-20,24-25H2,1-4H3,(H,44,50)(H,45,46). The molecule has 13 nitrogen and oxygen atoms in total. The summed E-state index contributed by atoms with van der Waals surface area (Å²) in [5.74, 6) is -0.818. The quantitative estimate of drug-likeness (QED) is 0.125. The molecule has 2 aliphatic heterocycles. The number of ketones is 1. The zero-order valence-electron chi connectivity index (χ0n) is 32.6. The number of phenols is 2. The first kappa shape index (κ1) is 40.1.